The van der Waals surface area contributed by atoms with Gasteiger partial charge in [-0.2, -0.15) is 0 Å². The van der Waals surface area contributed by atoms with E-state index in [0.29, 0.717) is 55.7 Å². The minimum atomic E-state index is -1.02. The number of carbonyl (C=O) groups is 7. The molecule has 8 rings (SSSR count). The number of nitrogens with zero attached hydrogens (tertiary/aromatic N) is 4. The Labute approximate surface area is 398 Å². The summed E-state index contributed by atoms with van der Waals surface area (Å²) in [6, 6.07) is 32.3. The number of benzene rings is 4. The zero-order chi connectivity index (χ0) is 46.2. The second-order valence-electron chi connectivity index (χ2n) is 15.5. The first-order valence-corrected chi connectivity index (χ1v) is 21.3. The summed E-state index contributed by atoms with van der Waals surface area (Å²) in [5.41, 5.74) is 5.47. The second-order valence-corrected chi connectivity index (χ2v) is 16.4. The molecule has 344 valence electrons. The lowest BCUT2D eigenvalue weighted by atomic mass is 9.99. The van der Waals surface area contributed by atoms with Crippen molar-refractivity contribution < 1.29 is 38.7 Å². The van der Waals surface area contributed by atoms with Gasteiger partial charge in [0, 0.05) is 96.2 Å². The van der Waals surface area contributed by atoms with Crippen LogP contribution in [0.3, 0.4) is 0 Å². The van der Waals surface area contributed by atoms with Crippen LogP contribution in [0.4, 0.5) is 0 Å². The fourth-order valence-electron chi connectivity index (χ4n) is 7.77. The Bertz CT molecular complexity index is 2790. The number of hydrogen-bond acceptors (Lipinski definition) is 9. The first kappa shape index (κ1) is 50.6. The molecule has 0 saturated heterocycles. The maximum atomic E-state index is 13.6. The number of hydrogen-bond donors (Lipinski definition) is 2. The molecule has 6 aromatic rings. The number of Topliss-reactive ketones (excluding diaryl/α,β-unsaturated/α-hetero) is 2. The van der Waals surface area contributed by atoms with Gasteiger partial charge in [-0.3, -0.25) is 44.1 Å². The van der Waals surface area contributed by atoms with Crippen LogP contribution in [0.25, 0.3) is 0 Å². The smallest absolute Gasteiger partial charge is 0.335 e. The van der Waals surface area contributed by atoms with Gasteiger partial charge in [0.15, 0.2) is 11.6 Å². The molecule has 2 aliphatic rings. The fraction of sp³-hybridized carbons (Fsp3) is 0.212. The van der Waals surface area contributed by atoms with E-state index in [0.717, 1.165) is 11.1 Å². The molecule has 67 heavy (non-hydrogen) atoms. The largest absolute Gasteiger partial charge is 0.478 e. The molecule has 0 fully saturated rings. The molecule has 4 aromatic carbocycles. The highest BCUT2D eigenvalue weighted by Crippen LogP contribution is 2.29. The van der Waals surface area contributed by atoms with Crippen molar-refractivity contribution in [1.29, 1.82) is 0 Å². The molecule has 4 amide bonds. The number of pyridine rings is 2. The van der Waals surface area contributed by atoms with Crippen LogP contribution in [0.15, 0.2) is 134 Å². The van der Waals surface area contributed by atoms with Crippen LogP contribution in [0.2, 0.25) is 10.0 Å². The molecule has 0 spiro atoms. The minimum Gasteiger partial charge on any atom is -0.478 e. The molecule has 2 aliphatic heterocycles. The maximum Gasteiger partial charge on any atom is 0.335 e. The number of carboxylic acid groups (broad SMARTS) is 1. The van der Waals surface area contributed by atoms with Gasteiger partial charge in [-0.05, 0) is 107 Å². The lowest BCUT2D eigenvalue weighted by Crippen LogP contribution is -2.45. The third kappa shape index (κ3) is 12.5. The van der Waals surface area contributed by atoms with Crippen molar-refractivity contribution in [3.05, 3.63) is 200 Å². The number of aromatic carboxylic acids is 1. The number of carboxylic acids is 1. The molecule has 0 aliphatic carbocycles. The Balaban J connectivity index is 0.000000244. The van der Waals surface area contributed by atoms with Gasteiger partial charge >= 0.3 is 5.97 Å². The summed E-state index contributed by atoms with van der Waals surface area (Å²) in [5.74, 6) is -2.69. The first-order chi connectivity index (χ1) is 31.2. The van der Waals surface area contributed by atoms with Crippen molar-refractivity contribution in [2.24, 2.45) is 0 Å². The Morgan fingerprint density at radius 1 is 0.612 bits per heavy atom. The van der Waals surface area contributed by atoms with Gasteiger partial charge in [0.2, 0.25) is 5.91 Å². The van der Waals surface area contributed by atoms with Crippen LogP contribution in [0.1, 0.15) is 96.9 Å². The first-order valence-electron chi connectivity index (χ1n) is 20.5. The van der Waals surface area contributed by atoms with Gasteiger partial charge in [0.05, 0.1) is 17.6 Å². The zero-order valence-corrected chi connectivity index (χ0v) is 36.5. The Morgan fingerprint density at radius 2 is 1.03 bits per heavy atom. The number of nitrogens with one attached hydrogen (secondary N) is 1. The molecule has 4 heterocycles. The molecular weight excluding hydrogens is 894 g/mol. The Hall–Kier alpha value is -7.35. The lowest BCUT2D eigenvalue weighted by Gasteiger charge is -2.29. The van der Waals surface area contributed by atoms with Gasteiger partial charge in [-0.25, -0.2) is 4.79 Å². The number of ketones is 2. The number of halogens is 2. The van der Waals surface area contributed by atoms with E-state index in [1.807, 2.05) is 24.3 Å². The van der Waals surface area contributed by atoms with Gasteiger partial charge in [-0.1, -0.05) is 74.5 Å². The van der Waals surface area contributed by atoms with Crippen LogP contribution < -0.4 is 5.32 Å². The van der Waals surface area contributed by atoms with Crippen LogP contribution in [0.5, 0.6) is 0 Å². The molecule has 2 atom stereocenters. The average molecular weight is 943 g/mol. The average Bonchev–Trinajstić information content (AvgIpc) is 3.44. The van der Waals surface area contributed by atoms with Crippen LogP contribution >= 0.6 is 23.2 Å². The van der Waals surface area contributed by atoms with E-state index in [2.05, 4.69) is 15.3 Å². The lowest BCUT2D eigenvalue weighted by molar-refractivity contribution is -0.123. The summed E-state index contributed by atoms with van der Waals surface area (Å²) in [6.45, 7) is 1.60. The van der Waals surface area contributed by atoms with E-state index in [1.165, 1.54) is 19.1 Å². The van der Waals surface area contributed by atoms with Crippen molar-refractivity contribution in [3.63, 3.8) is 0 Å². The number of carbonyl (C=O) groups excluding carboxylic acids is 6. The third-order valence-corrected chi connectivity index (χ3v) is 11.5. The number of rotatable bonds is 10. The molecule has 15 heteroatoms. The predicted molar refractivity (Wildman–Crippen MR) is 255 cm³/mol. The quantitative estimate of drug-likeness (QED) is 0.135. The molecule has 2 aromatic heterocycles. The van der Waals surface area contributed by atoms with Crippen LogP contribution in [0, 0.1) is 0 Å². The van der Waals surface area contributed by atoms with Gasteiger partial charge in [0.1, 0.15) is 0 Å². The molecular formula is C52H49Cl2N5O8. The van der Waals surface area contributed by atoms with Crippen molar-refractivity contribution in [1.82, 2.24) is 25.1 Å². The number of imide groups is 1. The number of aromatic nitrogens is 2. The predicted octanol–water partition coefficient (Wildman–Crippen LogP) is 8.47. The van der Waals surface area contributed by atoms with E-state index in [1.54, 1.807) is 107 Å². The van der Waals surface area contributed by atoms with Crippen LogP contribution in [-0.2, 0) is 53.2 Å². The highest BCUT2D eigenvalue weighted by atomic mass is 35.5. The summed E-state index contributed by atoms with van der Waals surface area (Å²) in [5, 5.41) is 12.3. The topological polar surface area (TPSA) is 184 Å². The fourth-order valence-corrected chi connectivity index (χ4v) is 8.16. The highest BCUT2D eigenvalue weighted by molar-refractivity contribution is 6.31. The van der Waals surface area contributed by atoms with Gasteiger partial charge < -0.3 is 14.9 Å². The molecule has 13 nitrogen and oxygen atoms in total. The molecule has 2 N–H and O–H groups in total. The van der Waals surface area contributed by atoms with E-state index in [-0.39, 0.29) is 76.1 Å². The van der Waals surface area contributed by atoms with Gasteiger partial charge in [-0.15, -0.1) is 0 Å². The van der Waals surface area contributed by atoms with Crippen LogP contribution in [-0.4, -0.2) is 78.1 Å². The Kier molecular flexibility index (Phi) is 17.2. The monoisotopic (exact) mass is 941 g/mol. The van der Waals surface area contributed by atoms with Crippen molar-refractivity contribution in [3.8, 4) is 0 Å². The highest BCUT2D eigenvalue weighted by Gasteiger charge is 2.37. The standard InChI is InChI=1S/C26H22ClN3O4.C24H19ClN2O4.2CH4/c1-16(31)29-25(33)18-7-5-17(6-8-18)15-30-23(14-21-4-2-3-11-28-21)24(32)13-19-12-20(27)9-10-22(19)26(30)34;25-18-8-9-20-17(11-18)12-22(28)21(13-19-3-1-2-10-26-19)27(23(20)29)14-15-4-6-16(7-5-15)24(30)31;;/h2-12,23H,13-15H2,1H3,(H,29,31,33);1-11,21H,12-14H2,(H,30,31);2*1H4/t23-;21-;;/m11../s1. The SMILES string of the molecule is C.C.CC(=O)NC(=O)c1ccc(CN2C(=O)c3ccc(Cl)cc3CC(=O)[C@H]2Cc2ccccn2)cc1.O=C(O)c1ccc(CN2C(=O)c3ccc(Cl)cc3CC(=O)[C@H]2Cc2ccccn2)cc1. The normalized spacial score (nSPS) is 15.3. The minimum absolute atomic E-state index is 0. The number of fused-ring (bicyclic) bond motifs is 2. The third-order valence-electron chi connectivity index (χ3n) is 11.0. The summed E-state index contributed by atoms with van der Waals surface area (Å²) in [4.78, 5) is 99.8. The van der Waals surface area contributed by atoms with E-state index >= 15 is 0 Å². The zero-order valence-electron chi connectivity index (χ0n) is 34.9. The summed E-state index contributed by atoms with van der Waals surface area (Å²) >= 11 is 12.2. The maximum absolute atomic E-state index is 13.6. The van der Waals surface area contributed by atoms with Crippen molar-refractivity contribution in [2.75, 3.05) is 0 Å². The van der Waals surface area contributed by atoms with Crippen molar-refractivity contribution in [2.45, 2.75) is 72.6 Å². The summed E-state index contributed by atoms with van der Waals surface area (Å²) < 4.78 is 0. The van der Waals surface area contributed by atoms with E-state index in [4.69, 9.17) is 28.3 Å². The van der Waals surface area contributed by atoms with E-state index in [9.17, 15) is 33.6 Å². The van der Waals surface area contributed by atoms with E-state index < -0.39 is 29.9 Å². The van der Waals surface area contributed by atoms with Crippen molar-refractivity contribution >= 4 is 64.4 Å². The summed E-state index contributed by atoms with van der Waals surface area (Å²) in [6.07, 6.45) is 4.09. The Morgan fingerprint density at radius 3 is 1.40 bits per heavy atom. The summed E-state index contributed by atoms with van der Waals surface area (Å²) in [7, 11) is 0. The number of amides is 4. The second kappa shape index (κ2) is 22.7. The molecule has 0 bridgehead atoms. The molecule has 0 radical (unpaired) electrons. The molecule has 0 saturated carbocycles. The molecule has 0 unspecified atom stereocenters. The van der Waals surface area contributed by atoms with Gasteiger partial charge in [0.25, 0.3) is 17.7 Å².